The molecule has 0 aliphatic carbocycles. The van der Waals surface area contributed by atoms with Crippen LogP contribution in [0.15, 0.2) is 18.2 Å². The minimum Gasteiger partial charge on any atom is -0.493 e. The molecule has 0 aliphatic rings. The molecule has 0 spiro atoms. The summed E-state index contributed by atoms with van der Waals surface area (Å²) in [6, 6.07) is 5.39. The molecule has 2 heterocycles. The number of anilines is 1. The molecule has 10 nitrogen and oxygen atoms in total. The summed E-state index contributed by atoms with van der Waals surface area (Å²) in [5.41, 5.74) is 8.83. The van der Waals surface area contributed by atoms with Crippen LogP contribution in [0, 0.1) is 6.92 Å². The number of aliphatic hydroxyl groups is 1. The molecule has 0 bridgehead atoms. The van der Waals surface area contributed by atoms with Gasteiger partial charge in [0.1, 0.15) is 6.10 Å². The maximum Gasteiger partial charge on any atom is 0.401 e. The number of fused-ring (bicyclic) bond motifs is 1. The average molecular weight is 529 g/mol. The van der Waals surface area contributed by atoms with E-state index in [0.29, 0.717) is 48.0 Å². The van der Waals surface area contributed by atoms with Gasteiger partial charge in [0.15, 0.2) is 23.8 Å². The highest BCUT2D eigenvalue weighted by Gasteiger charge is 2.27. The topological polar surface area (TPSA) is 125 Å². The Labute approximate surface area is 224 Å². The fraction of sp³-hybridized carbons (Fsp3) is 0.571. The molecule has 3 N–H and O–H groups in total. The van der Waals surface area contributed by atoms with Gasteiger partial charge in [-0.05, 0) is 50.2 Å². The van der Waals surface area contributed by atoms with Crippen molar-refractivity contribution >= 4 is 17.4 Å². The van der Waals surface area contributed by atoms with E-state index in [1.807, 2.05) is 19.1 Å². The van der Waals surface area contributed by atoms with Gasteiger partial charge in [0.05, 0.1) is 13.7 Å². The number of rotatable bonds is 13. The summed E-state index contributed by atoms with van der Waals surface area (Å²) in [7, 11) is 1.59. The van der Waals surface area contributed by atoms with Gasteiger partial charge in [-0.15, -0.1) is 4.68 Å². The maximum atomic E-state index is 13.5. The molecule has 0 saturated heterocycles. The van der Waals surface area contributed by atoms with Crippen LogP contribution in [0.4, 0.5) is 5.95 Å². The molecular weight excluding hydrogens is 486 g/mol. The van der Waals surface area contributed by atoms with Crippen molar-refractivity contribution in [2.24, 2.45) is 0 Å². The van der Waals surface area contributed by atoms with E-state index in [2.05, 4.69) is 44.8 Å². The number of hydrogen-bond donors (Lipinski definition) is 2. The number of hydrogen-bond acceptors (Lipinski definition) is 8. The normalized spacial score (nSPS) is 11.8. The summed E-state index contributed by atoms with van der Waals surface area (Å²) in [5.74, 6) is 1.62. The van der Waals surface area contributed by atoms with E-state index in [0.717, 1.165) is 24.0 Å². The second kappa shape index (κ2) is 12.4. The van der Waals surface area contributed by atoms with Crippen LogP contribution in [0.5, 0.6) is 17.4 Å². The Hall–Kier alpha value is -3.40. The number of nitrogen functional groups attached to an aromatic ring is 1. The zero-order valence-corrected chi connectivity index (χ0v) is 23.7. The molecule has 0 radical (unpaired) electrons. The SMILES string of the molecule is CCC(CC)Oc1cc(C)c2n[n+](CC(=O)c3cc(OCCCCO)c(OC)c(C(C)(C)C)c3)c(N)n2n1. The fourth-order valence-corrected chi connectivity index (χ4v) is 4.21. The number of ether oxygens (including phenoxy) is 3. The zero-order valence-electron chi connectivity index (χ0n) is 23.7. The van der Waals surface area contributed by atoms with Crippen molar-refractivity contribution in [2.75, 3.05) is 26.1 Å². The lowest BCUT2D eigenvalue weighted by Gasteiger charge is -2.25. The smallest absolute Gasteiger partial charge is 0.401 e. The first-order valence-corrected chi connectivity index (χ1v) is 13.3. The molecular formula is C28H42N5O5+. The standard InChI is InChI=1S/C28H41N5O5/c1-8-20(9-2)38-24-14-18(3)26-31-32(27(29)33(26)30-24)17-22(35)19-15-21(28(4,5)6)25(36-7)23(16-19)37-13-11-10-12-34/h14-16,20,29,34H,8-13,17H2,1-7H3/p+1. The molecule has 0 aliphatic heterocycles. The Balaban J connectivity index is 1.96. The first-order chi connectivity index (χ1) is 18.0. The number of carbonyl (C=O) groups is 1. The molecule has 208 valence electrons. The maximum absolute atomic E-state index is 13.5. The highest BCUT2D eigenvalue weighted by atomic mass is 16.5. The zero-order chi connectivity index (χ0) is 28.0. The van der Waals surface area contributed by atoms with Gasteiger partial charge in [-0.2, -0.15) is 0 Å². The number of unbranched alkanes of at least 4 members (excludes halogenated alkanes) is 1. The Kier molecular flexibility index (Phi) is 9.54. The van der Waals surface area contributed by atoms with Crippen LogP contribution in [0.3, 0.4) is 0 Å². The van der Waals surface area contributed by atoms with Gasteiger partial charge in [0.2, 0.25) is 5.88 Å². The van der Waals surface area contributed by atoms with E-state index in [1.54, 1.807) is 13.2 Å². The molecule has 2 aromatic heterocycles. The van der Waals surface area contributed by atoms with Crippen LogP contribution in [-0.2, 0) is 12.0 Å². The Bertz CT molecular complexity index is 1260. The molecule has 3 aromatic rings. The lowest BCUT2D eigenvalue weighted by molar-refractivity contribution is -0.723. The number of Topliss-reactive ketones (excluding diaryl/α,β-unsaturated/α-hetero) is 1. The number of aliphatic hydroxyl groups excluding tert-OH is 1. The molecule has 0 atom stereocenters. The first-order valence-electron chi connectivity index (χ1n) is 13.3. The minimum absolute atomic E-state index is 0.0601. The van der Waals surface area contributed by atoms with E-state index in [1.165, 1.54) is 9.20 Å². The highest BCUT2D eigenvalue weighted by Crippen LogP contribution is 2.40. The van der Waals surface area contributed by atoms with E-state index in [9.17, 15) is 4.79 Å². The van der Waals surface area contributed by atoms with Crippen molar-refractivity contribution in [3.8, 4) is 17.4 Å². The van der Waals surface area contributed by atoms with E-state index < -0.39 is 0 Å². The molecule has 0 saturated carbocycles. The number of methoxy groups -OCH3 is 1. The van der Waals surface area contributed by atoms with Crippen molar-refractivity contribution in [3.63, 3.8) is 0 Å². The number of nitrogens with two attached hydrogens (primary N) is 1. The highest BCUT2D eigenvalue weighted by molar-refractivity contribution is 5.96. The lowest BCUT2D eigenvalue weighted by atomic mass is 9.84. The monoisotopic (exact) mass is 528 g/mol. The lowest BCUT2D eigenvalue weighted by Crippen LogP contribution is -2.42. The number of carbonyl (C=O) groups excluding carboxylic acids is 1. The van der Waals surface area contributed by atoms with E-state index in [4.69, 9.17) is 25.1 Å². The van der Waals surface area contributed by atoms with Crippen molar-refractivity contribution in [1.82, 2.24) is 14.7 Å². The first kappa shape index (κ1) is 29.2. The molecule has 0 fully saturated rings. The van der Waals surface area contributed by atoms with Crippen molar-refractivity contribution in [2.45, 2.75) is 85.3 Å². The van der Waals surface area contributed by atoms with Gasteiger partial charge in [0, 0.05) is 29.4 Å². The summed E-state index contributed by atoms with van der Waals surface area (Å²) in [6.07, 6.45) is 3.12. The number of ketones is 1. The quantitative estimate of drug-likeness (QED) is 0.195. The molecule has 10 heteroatoms. The summed E-state index contributed by atoms with van der Waals surface area (Å²) in [6.45, 7) is 12.6. The average Bonchev–Trinajstić information content (AvgIpc) is 3.19. The number of aromatic nitrogens is 4. The number of nitrogens with zero attached hydrogens (tertiary/aromatic N) is 4. The number of benzene rings is 1. The summed E-state index contributed by atoms with van der Waals surface area (Å²) in [5, 5.41) is 18.2. The predicted octanol–water partition coefficient (Wildman–Crippen LogP) is 3.82. The Morgan fingerprint density at radius 1 is 1.18 bits per heavy atom. The molecule has 0 unspecified atom stereocenters. The van der Waals surface area contributed by atoms with Gasteiger partial charge in [-0.1, -0.05) is 49.3 Å². The van der Waals surface area contributed by atoms with Gasteiger partial charge >= 0.3 is 5.95 Å². The van der Waals surface area contributed by atoms with Crippen molar-refractivity contribution in [3.05, 3.63) is 34.9 Å². The second-order valence-electron chi connectivity index (χ2n) is 10.5. The van der Waals surface area contributed by atoms with Crippen LogP contribution >= 0.6 is 0 Å². The van der Waals surface area contributed by atoms with E-state index >= 15 is 0 Å². The fourth-order valence-electron chi connectivity index (χ4n) is 4.21. The van der Waals surface area contributed by atoms with Crippen molar-refractivity contribution in [1.29, 1.82) is 0 Å². The van der Waals surface area contributed by atoms with Crippen molar-refractivity contribution < 1.29 is 28.8 Å². The molecule has 0 amide bonds. The van der Waals surface area contributed by atoms with Gasteiger partial charge in [-0.3, -0.25) is 10.5 Å². The van der Waals surface area contributed by atoms with E-state index in [-0.39, 0.29) is 36.4 Å². The Morgan fingerprint density at radius 2 is 1.89 bits per heavy atom. The van der Waals surface area contributed by atoms with Gasteiger partial charge < -0.3 is 19.3 Å². The van der Waals surface area contributed by atoms with Crippen LogP contribution in [0.25, 0.3) is 5.65 Å². The van der Waals surface area contributed by atoms with Crippen LogP contribution < -0.4 is 24.6 Å². The Morgan fingerprint density at radius 3 is 2.50 bits per heavy atom. The summed E-state index contributed by atoms with van der Waals surface area (Å²) < 4.78 is 20.7. The summed E-state index contributed by atoms with van der Waals surface area (Å²) in [4.78, 5) is 13.5. The van der Waals surface area contributed by atoms with Crippen LogP contribution in [0.1, 0.15) is 81.8 Å². The van der Waals surface area contributed by atoms with Gasteiger partial charge in [-0.25, -0.2) is 0 Å². The van der Waals surface area contributed by atoms with Gasteiger partial charge in [0.25, 0.3) is 5.65 Å². The molecule has 1 aromatic carbocycles. The third kappa shape index (κ3) is 6.53. The third-order valence-electron chi connectivity index (χ3n) is 6.48. The van der Waals surface area contributed by atoms with Crippen LogP contribution in [-0.4, -0.2) is 52.0 Å². The summed E-state index contributed by atoms with van der Waals surface area (Å²) >= 11 is 0. The van der Waals surface area contributed by atoms with Crippen LogP contribution in [0.2, 0.25) is 0 Å². The molecule has 38 heavy (non-hydrogen) atoms. The largest absolute Gasteiger partial charge is 0.493 e. The predicted molar refractivity (Wildman–Crippen MR) is 145 cm³/mol. The number of aryl methyl sites for hydroxylation is 1. The minimum atomic E-state index is -0.299. The second-order valence-corrected chi connectivity index (χ2v) is 10.5. The molecule has 3 rings (SSSR count). The third-order valence-corrected chi connectivity index (χ3v) is 6.48.